The molecule has 0 saturated carbocycles. The third kappa shape index (κ3) is 4.32. The van der Waals surface area contributed by atoms with Gasteiger partial charge in [0.2, 0.25) is 0 Å². The molecule has 1 fully saturated rings. The second-order valence-corrected chi connectivity index (χ2v) is 7.92. The number of ether oxygens (including phenoxy) is 3. The molecule has 1 saturated heterocycles. The molecule has 0 spiro atoms. The van der Waals surface area contributed by atoms with Crippen molar-refractivity contribution >= 4 is 23.3 Å². The minimum absolute atomic E-state index is 0.107. The molecule has 9 heteroatoms. The lowest BCUT2D eigenvalue weighted by atomic mass is 9.94. The van der Waals surface area contributed by atoms with E-state index in [-0.39, 0.29) is 17.2 Å². The fourth-order valence-corrected chi connectivity index (χ4v) is 4.04. The molecule has 2 heterocycles. The van der Waals surface area contributed by atoms with Gasteiger partial charge in [-0.15, -0.1) is 0 Å². The van der Waals surface area contributed by atoms with Crippen LogP contribution in [0.1, 0.15) is 36.3 Å². The summed E-state index contributed by atoms with van der Waals surface area (Å²) in [6.07, 6.45) is 0.856. The van der Waals surface area contributed by atoms with E-state index in [0.29, 0.717) is 40.7 Å². The van der Waals surface area contributed by atoms with Crippen LogP contribution in [0.4, 0.5) is 5.82 Å². The number of carbonyl (C=O) groups excluding carboxylic acids is 2. The summed E-state index contributed by atoms with van der Waals surface area (Å²) in [5.41, 5.74) is 0.690. The van der Waals surface area contributed by atoms with Gasteiger partial charge in [0, 0.05) is 17.2 Å². The second kappa shape index (κ2) is 9.92. The maximum atomic E-state index is 13.3. The van der Waals surface area contributed by atoms with Gasteiger partial charge in [0.05, 0.1) is 26.4 Å². The highest BCUT2D eigenvalue weighted by Crippen LogP contribution is 2.47. The molecule has 0 aliphatic carbocycles. The Morgan fingerprint density at radius 3 is 2.46 bits per heavy atom. The summed E-state index contributed by atoms with van der Waals surface area (Å²) in [6, 6.07) is 12.3. The molecule has 1 aromatic heterocycles. The molecule has 35 heavy (non-hydrogen) atoms. The lowest BCUT2D eigenvalue weighted by Crippen LogP contribution is -2.30. The van der Waals surface area contributed by atoms with Crippen molar-refractivity contribution in [3.05, 3.63) is 71.0 Å². The molecule has 182 valence electrons. The van der Waals surface area contributed by atoms with Gasteiger partial charge in [0.15, 0.2) is 17.3 Å². The third-order valence-corrected chi connectivity index (χ3v) is 5.64. The zero-order valence-electron chi connectivity index (χ0n) is 19.9. The van der Waals surface area contributed by atoms with Crippen LogP contribution in [-0.2, 0) is 9.59 Å². The van der Waals surface area contributed by atoms with E-state index in [1.165, 1.54) is 19.1 Å². The van der Waals surface area contributed by atoms with Crippen LogP contribution in [0.15, 0.2) is 58.6 Å². The van der Waals surface area contributed by atoms with Crippen molar-refractivity contribution in [2.24, 2.45) is 0 Å². The van der Waals surface area contributed by atoms with E-state index < -0.39 is 17.7 Å². The molecule has 4 rings (SSSR count). The Hall–Kier alpha value is -4.27. The van der Waals surface area contributed by atoms with E-state index in [2.05, 4.69) is 5.16 Å². The van der Waals surface area contributed by atoms with Gasteiger partial charge in [0.25, 0.3) is 5.78 Å². The quantitative estimate of drug-likeness (QED) is 0.288. The van der Waals surface area contributed by atoms with E-state index in [4.69, 9.17) is 18.7 Å². The first-order valence-corrected chi connectivity index (χ1v) is 11.1. The molecule has 0 bridgehead atoms. The van der Waals surface area contributed by atoms with Gasteiger partial charge in [-0.25, -0.2) is 0 Å². The van der Waals surface area contributed by atoms with Gasteiger partial charge in [0.1, 0.15) is 23.3 Å². The fourth-order valence-electron chi connectivity index (χ4n) is 4.04. The third-order valence-electron chi connectivity index (χ3n) is 5.64. The minimum atomic E-state index is -1.04. The van der Waals surface area contributed by atoms with E-state index in [1.54, 1.807) is 55.5 Å². The van der Waals surface area contributed by atoms with Gasteiger partial charge >= 0.3 is 5.91 Å². The number of methoxy groups -OCH3 is 2. The molecule has 0 unspecified atom stereocenters. The molecular weight excluding hydrogens is 452 g/mol. The number of benzene rings is 2. The fraction of sp³-hybridized carbons (Fsp3) is 0.269. The van der Waals surface area contributed by atoms with Crippen LogP contribution in [0.25, 0.3) is 5.76 Å². The lowest BCUT2D eigenvalue weighted by molar-refractivity contribution is -0.132. The number of rotatable bonds is 8. The van der Waals surface area contributed by atoms with Gasteiger partial charge in [-0.3, -0.25) is 14.5 Å². The summed E-state index contributed by atoms with van der Waals surface area (Å²) in [7, 11) is 2.95. The Balaban J connectivity index is 1.91. The van der Waals surface area contributed by atoms with Crippen LogP contribution in [0.2, 0.25) is 0 Å². The number of aromatic nitrogens is 1. The number of hydrogen-bond acceptors (Lipinski definition) is 8. The number of aliphatic hydroxyl groups is 1. The standard InChI is InChI=1S/C26H26N2O7/c1-5-13-34-17-11-9-16(10-12-17)23(29)21-22(18-7-6-8-19(32-3)25(18)33-4)28(26(31)24(21)30)20-14-15(2)35-27-20/h6-12,14,22,29H,5,13H2,1-4H3/t22-/m0/s1. The molecule has 1 aliphatic rings. The molecule has 1 amide bonds. The van der Waals surface area contributed by atoms with Crippen molar-refractivity contribution in [3.63, 3.8) is 0 Å². The summed E-state index contributed by atoms with van der Waals surface area (Å²) >= 11 is 0. The number of para-hydroxylation sites is 1. The summed E-state index contributed by atoms with van der Waals surface area (Å²) in [5.74, 6) is -0.0775. The van der Waals surface area contributed by atoms with Gasteiger partial charge < -0.3 is 23.8 Å². The highest BCUT2D eigenvalue weighted by atomic mass is 16.5. The highest BCUT2D eigenvalue weighted by Gasteiger charge is 2.49. The Kier molecular flexibility index (Phi) is 6.77. The zero-order chi connectivity index (χ0) is 25.1. The average molecular weight is 479 g/mol. The number of carbonyl (C=O) groups is 2. The predicted molar refractivity (Wildman–Crippen MR) is 128 cm³/mol. The number of anilines is 1. The van der Waals surface area contributed by atoms with Gasteiger partial charge in [-0.1, -0.05) is 24.2 Å². The molecule has 3 aromatic rings. The Morgan fingerprint density at radius 2 is 1.86 bits per heavy atom. The molecule has 1 aliphatic heterocycles. The minimum Gasteiger partial charge on any atom is -0.507 e. The molecule has 0 radical (unpaired) electrons. The molecule has 9 nitrogen and oxygen atoms in total. The van der Waals surface area contributed by atoms with Crippen molar-refractivity contribution in [2.75, 3.05) is 25.7 Å². The van der Waals surface area contributed by atoms with E-state index >= 15 is 0 Å². The Bertz CT molecular complexity index is 1280. The number of aliphatic hydroxyl groups excluding tert-OH is 1. The first-order valence-electron chi connectivity index (χ1n) is 11.1. The van der Waals surface area contributed by atoms with E-state index in [9.17, 15) is 14.7 Å². The molecular formula is C26H26N2O7. The molecule has 1 N–H and O–H groups in total. The van der Waals surface area contributed by atoms with Crippen LogP contribution in [0.3, 0.4) is 0 Å². The van der Waals surface area contributed by atoms with Crippen LogP contribution in [0.5, 0.6) is 17.2 Å². The maximum Gasteiger partial charge on any atom is 0.301 e. The normalized spacial score (nSPS) is 17.0. The Morgan fingerprint density at radius 1 is 1.11 bits per heavy atom. The number of Topliss-reactive ketones (excluding diaryl/α,β-unsaturated/α-hetero) is 1. The van der Waals surface area contributed by atoms with Crippen molar-refractivity contribution in [3.8, 4) is 17.2 Å². The van der Waals surface area contributed by atoms with Crippen molar-refractivity contribution in [1.29, 1.82) is 0 Å². The largest absolute Gasteiger partial charge is 0.507 e. The predicted octanol–water partition coefficient (Wildman–Crippen LogP) is 4.42. The van der Waals surface area contributed by atoms with Gasteiger partial charge in [-0.05, 0) is 43.7 Å². The van der Waals surface area contributed by atoms with Crippen LogP contribution >= 0.6 is 0 Å². The Labute approximate surface area is 202 Å². The van der Waals surface area contributed by atoms with Crippen molar-refractivity contribution in [2.45, 2.75) is 26.3 Å². The summed E-state index contributed by atoms with van der Waals surface area (Å²) < 4.78 is 21.8. The van der Waals surface area contributed by atoms with Crippen LogP contribution in [-0.4, -0.2) is 42.8 Å². The summed E-state index contributed by atoms with van der Waals surface area (Å²) in [4.78, 5) is 27.7. The summed E-state index contributed by atoms with van der Waals surface area (Å²) in [6.45, 7) is 4.24. The molecule has 1 atom stereocenters. The van der Waals surface area contributed by atoms with Gasteiger partial charge in [-0.2, -0.15) is 0 Å². The second-order valence-electron chi connectivity index (χ2n) is 7.92. The topological polar surface area (TPSA) is 111 Å². The van der Waals surface area contributed by atoms with Crippen LogP contribution in [0, 0.1) is 6.92 Å². The number of aryl methyl sites for hydroxylation is 1. The number of hydrogen-bond donors (Lipinski definition) is 1. The summed E-state index contributed by atoms with van der Waals surface area (Å²) in [5, 5.41) is 15.2. The number of nitrogens with zero attached hydrogens (tertiary/aromatic N) is 2. The lowest BCUT2D eigenvalue weighted by Gasteiger charge is -2.25. The highest BCUT2D eigenvalue weighted by molar-refractivity contribution is 6.51. The van der Waals surface area contributed by atoms with E-state index in [0.717, 1.165) is 6.42 Å². The zero-order valence-corrected chi connectivity index (χ0v) is 19.9. The SMILES string of the molecule is CCCOc1ccc(C(O)=C2C(=O)C(=O)N(c3cc(C)on3)[C@H]2c2cccc(OC)c2OC)cc1. The molecule has 2 aromatic carbocycles. The monoisotopic (exact) mass is 478 g/mol. The smallest absolute Gasteiger partial charge is 0.301 e. The van der Waals surface area contributed by atoms with Crippen molar-refractivity contribution < 1.29 is 33.4 Å². The first-order chi connectivity index (χ1) is 16.9. The van der Waals surface area contributed by atoms with E-state index in [1.807, 2.05) is 6.92 Å². The van der Waals surface area contributed by atoms with Crippen LogP contribution < -0.4 is 19.1 Å². The average Bonchev–Trinajstić information content (AvgIpc) is 3.42. The number of ketones is 1. The van der Waals surface area contributed by atoms with Crippen molar-refractivity contribution in [1.82, 2.24) is 5.16 Å². The maximum absolute atomic E-state index is 13.3. The first kappa shape index (κ1) is 23.9. The number of amides is 1.